The molecule has 0 spiro atoms. The van der Waals surface area contributed by atoms with Crippen LogP contribution in [0.25, 0.3) is 0 Å². The summed E-state index contributed by atoms with van der Waals surface area (Å²) < 4.78 is 52.8. The Morgan fingerprint density at radius 2 is 1.77 bits per heavy atom. The van der Waals surface area contributed by atoms with Crippen molar-refractivity contribution in [3.8, 4) is 0 Å². The number of sulfonamides is 2. The van der Waals surface area contributed by atoms with Crippen molar-refractivity contribution in [2.75, 3.05) is 17.2 Å². The van der Waals surface area contributed by atoms with Crippen molar-refractivity contribution in [3.63, 3.8) is 0 Å². The van der Waals surface area contributed by atoms with E-state index in [2.05, 4.69) is 10.6 Å². The van der Waals surface area contributed by atoms with Gasteiger partial charge >= 0.3 is 5.97 Å². The van der Waals surface area contributed by atoms with Crippen LogP contribution in [0.5, 0.6) is 0 Å². The van der Waals surface area contributed by atoms with Gasteiger partial charge in [-0.05, 0) is 25.1 Å². The number of benzene rings is 2. The number of rotatable bonds is 6. The number of nitrogens with one attached hydrogen (secondary N) is 2. The lowest BCUT2D eigenvalue weighted by atomic mass is 10.0. The largest absolute Gasteiger partial charge is 0.464 e. The van der Waals surface area contributed by atoms with Crippen LogP contribution in [0.1, 0.15) is 18.5 Å². The molecular weight excluding hydrogens is 456 g/mol. The third kappa shape index (κ3) is 4.37. The van der Waals surface area contributed by atoms with Gasteiger partial charge in [-0.1, -0.05) is 29.8 Å². The fourth-order valence-electron chi connectivity index (χ4n) is 3.19. The maximum atomic E-state index is 12.5. The average Bonchev–Trinajstić information content (AvgIpc) is 2.99. The topological polar surface area (TPSA) is 171 Å². The first-order chi connectivity index (χ1) is 13.9. The fourth-order valence-corrected chi connectivity index (χ4v) is 5.07. The minimum atomic E-state index is -4.38. The van der Waals surface area contributed by atoms with Gasteiger partial charge < -0.3 is 15.4 Å². The zero-order chi connectivity index (χ0) is 22.3. The van der Waals surface area contributed by atoms with Gasteiger partial charge in [-0.25, -0.2) is 31.9 Å². The molecule has 0 saturated carbocycles. The van der Waals surface area contributed by atoms with Crippen molar-refractivity contribution in [3.05, 3.63) is 47.0 Å². The van der Waals surface area contributed by atoms with Crippen LogP contribution in [-0.2, 0) is 29.6 Å². The zero-order valence-electron chi connectivity index (χ0n) is 15.6. The minimum absolute atomic E-state index is 0.0901. The highest BCUT2D eigenvalue weighted by molar-refractivity contribution is 7.90. The molecule has 0 fully saturated rings. The third-order valence-electron chi connectivity index (χ3n) is 4.44. The van der Waals surface area contributed by atoms with Crippen LogP contribution in [0.4, 0.5) is 11.4 Å². The number of carbonyl (C=O) groups is 1. The van der Waals surface area contributed by atoms with Crippen LogP contribution >= 0.6 is 11.6 Å². The van der Waals surface area contributed by atoms with Gasteiger partial charge in [-0.3, -0.25) is 0 Å². The molecule has 2 atom stereocenters. The highest BCUT2D eigenvalue weighted by Crippen LogP contribution is 2.39. The van der Waals surface area contributed by atoms with Crippen molar-refractivity contribution in [1.29, 1.82) is 0 Å². The highest BCUT2D eigenvalue weighted by Gasteiger charge is 2.39. The van der Waals surface area contributed by atoms with Gasteiger partial charge in [0.1, 0.15) is 15.8 Å². The molecule has 162 valence electrons. The molecule has 6 N–H and O–H groups in total. The van der Waals surface area contributed by atoms with E-state index >= 15 is 0 Å². The van der Waals surface area contributed by atoms with Gasteiger partial charge in [0.25, 0.3) is 0 Å². The van der Waals surface area contributed by atoms with Gasteiger partial charge in [-0.15, -0.1) is 0 Å². The van der Waals surface area contributed by atoms with Crippen LogP contribution in [0, 0.1) is 0 Å². The fraction of sp³-hybridized carbons (Fsp3) is 0.235. The first-order valence-electron chi connectivity index (χ1n) is 8.61. The Morgan fingerprint density at radius 1 is 1.13 bits per heavy atom. The standard InChI is InChI=1S/C17H19ClN4O6S2/c1-2-28-17(23)16-15(9-5-3-4-6-11(9)21-16)22-12-7-10(18)13(29(19,24)25)8-14(12)30(20,26)27/h3-8,15-16,21-22H,2H2,1H3,(H2,19,24,25)(H2,20,26,27). The smallest absolute Gasteiger partial charge is 0.331 e. The van der Waals surface area contributed by atoms with Crippen LogP contribution in [-0.4, -0.2) is 35.5 Å². The SMILES string of the molecule is CCOC(=O)C1Nc2ccccc2C1Nc1cc(Cl)c(S(N)(=O)=O)cc1S(N)(=O)=O. The Hall–Kier alpha value is -2.38. The van der Waals surface area contributed by atoms with Crippen LogP contribution in [0.15, 0.2) is 46.2 Å². The number of halogens is 1. The molecule has 0 saturated heterocycles. The van der Waals surface area contributed by atoms with Gasteiger partial charge in [-0.2, -0.15) is 0 Å². The summed E-state index contributed by atoms with van der Waals surface area (Å²) in [5.41, 5.74) is 1.23. The number of esters is 1. The molecule has 0 aliphatic carbocycles. The molecule has 2 aromatic rings. The first kappa shape index (κ1) is 22.3. The lowest BCUT2D eigenvalue weighted by Gasteiger charge is -2.23. The van der Waals surface area contributed by atoms with E-state index in [1.165, 1.54) is 0 Å². The van der Waals surface area contributed by atoms with E-state index in [1.807, 2.05) is 0 Å². The predicted molar refractivity (Wildman–Crippen MR) is 111 cm³/mol. The Bertz CT molecular complexity index is 1220. The highest BCUT2D eigenvalue weighted by atomic mass is 35.5. The van der Waals surface area contributed by atoms with Crippen molar-refractivity contribution >= 4 is 49.0 Å². The second-order valence-electron chi connectivity index (χ2n) is 6.45. The van der Waals surface area contributed by atoms with Crippen LogP contribution in [0.3, 0.4) is 0 Å². The summed E-state index contributed by atoms with van der Waals surface area (Å²) in [6.45, 7) is 1.81. The van der Waals surface area contributed by atoms with E-state index in [4.69, 9.17) is 26.6 Å². The Labute approximate surface area is 178 Å². The molecule has 0 radical (unpaired) electrons. The molecule has 0 amide bonds. The van der Waals surface area contributed by atoms with Crippen LogP contribution < -0.4 is 20.9 Å². The lowest BCUT2D eigenvalue weighted by molar-refractivity contribution is -0.144. The molecule has 2 unspecified atom stereocenters. The lowest BCUT2D eigenvalue weighted by Crippen LogP contribution is -2.36. The van der Waals surface area contributed by atoms with E-state index in [1.54, 1.807) is 31.2 Å². The summed E-state index contributed by atoms with van der Waals surface area (Å²) in [5.74, 6) is -0.560. The van der Waals surface area contributed by atoms with Crippen LogP contribution in [0.2, 0.25) is 5.02 Å². The Kier molecular flexibility index (Phi) is 5.98. The molecule has 30 heavy (non-hydrogen) atoms. The van der Waals surface area contributed by atoms with Gasteiger partial charge in [0, 0.05) is 11.3 Å². The van der Waals surface area contributed by atoms with E-state index in [0.717, 1.165) is 12.1 Å². The van der Waals surface area contributed by atoms with Crippen molar-refractivity contribution in [2.45, 2.75) is 28.8 Å². The number of anilines is 2. The molecular formula is C17H19ClN4O6S2. The molecule has 1 aliphatic heterocycles. The van der Waals surface area contributed by atoms with E-state index in [9.17, 15) is 21.6 Å². The minimum Gasteiger partial charge on any atom is -0.464 e. The van der Waals surface area contributed by atoms with Gasteiger partial charge in [0.05, 0.1) is 23.4 Å². The normalized spacial score (nSPS) is 18.4. The molecule has 3 rings (SSSR count). The maximum absolute atomic E-state index is 12.5. The number of ether oxygens (including phenoxy) is 1. The molecule has 1 heterocycles. The van der Waals surface area contributed by atoms with Crippen molar-refractivity contribution in [1.82, 2.24) is 0 Å². The zero-order valence-corrected chi connectivity index (χ0v) is 18.0. The quantitative estimate of drug-likeness (QED) is 0.451. The molecule has 0 bridgehead atoms. The first-order valence-corrected chi connectivity index (χ1v) is 12.1. The number of fused-ring (bicyclic) bond motifs is 1. The number of para-hydroxylation sites is 1. The number of carbonyl (C=O) groups excluding carboxylic acids is 1. The average molecular weight is 475 g/mol. The molecule has 0 aromatic heterocycles. The number of nitrogens with two attached hydrogens (primary N) is 2. The maximum Gasteiger partial charge on any atom is 0.331 e. The Morgan fingerprint density at radius 3 is 2.37 bits per heavy atom. The molecule has 13 heteroatoms. The van der Waals surface area contributed by atoms with Crippen molar-refractivity contribution < 1.29 is 26.4 Å². The number of primary sulfonamides is 2. The van der Waals surface area contributed by atoms with Crippen molar-refractivity contribution in [2.24, 2.45) is 10.3 Å². The Balaban J connectivity index is 2.13. The molecule has 10 nitrogen and oxygen atoms in total. The molecule has 1 aliphatic rings. The van der Waals surface area contributed by atoms with E-state index in [-0.39, 0.29) is 17.3 Å². The summed E-state index contributed by atoms with van der Waals surface area (Å²) in [5, 5.41) is 16.0. The predicted octanol–water partition coefficient (Wildman–Crippen LogP) is 1.15. The third-order valence-corrected chi connectivity index (χ3v) is 6.77. The summed E-state index contributed by atoms with van der Waals surface area (Å²) in [7, 11) is -8.68. The molecule has 2 aromatic carbocycles. The summed E-state index contributed by atoms with van der Waals surface area (Å²) in [6.07, 6.45) is 0. The van der Waals surface area contributed by atoms with E-state index < -0.39 is 47.9 Å². The van der Waals surface area contributed by atoms with E-state index in [0.29, 0.717) is 11.3 Å². The second-order valence-corrected chi connectivity index (χ2v) is 9.92. The van der Waals surface area contributed by atoms with Gasteiger partial charge in [0.15, 0.2) is 0 Å². The summed E-state index contributed by atoms with van der Waals surface area (Å²) in [4.78, 5) is 11.3. The number of hydrogen-bond acceptors (Lipinski definition) is 8. The number of hydrogen-bond donors (Lipinski definition) is 4. The monoisotopic (exact) mass is 474 g/mol. The second kappa shape index (κ2) is 8.04. The van der Waals surface area contributed by atoms with Gasteiger partial charge in [0.2, 0.25) is 20.0 Å². The summed E-state index contributed by atoms with van der Waals surface area (Å²) >= 11 is 6.03. The summed E-state index contributed by atoms with van der Waals surface area (Å²) in [6, 6.07) is 7.25.